The highest BCUT2D eigenvalue weighted by molar-refractivity contribution is 7.90. The predicted octanol–water partition coefficient (Wildman–Crippen LogP) is 4.74. The fraction of sp³-hybridized carbons (Fsp3) is 0.227. The van der Waals surface area contributed by atoms with Gasteiger partial charge in [-0.3, -0.25) is 4.90 Å². The van der Waals surface area contributed by atoms with Gasteiger partial charge < -0.3 is 4.90 Å². The number of anilines is 1. The van der Waals surface area contributed by atoms with Gasteiger partial charge in [-0.2, -0.15) is 18.4 Å². The highest BCUT2D eigenvalue weighted by Gasteiger charge is 2.41. The summed E-state index contributed by atoms with van der Waals surface area (Å²) in [5.41, 5.74) is -0.811. The first-order valence-electron chi connectivity index (χ1n) is 9.37. The topological polar surface area (TPSA) is 85.8 Å². The minimum Gasteiger partial charge on any atom is -0.325 e. The van der Waals surface area contributed by atoms with Crippen LogP contribution in [0.5, 0.6) is 0 Å². The lowest BCUT2D eigenvalue weighted by Gasteiger charge is -2.40. The Labute approximate surface area is 188 Å². The lowest BCUT2D eigenvalue weighted by molar-refractivity contribution is -0.137. The molecule has 1 aliphatic rings. The second kappa shape index (κ2) is 8.26. The van der Waals surface area contributed by atoms with Crippen LogP contribution >= 0.6 is 0 Å². The van der Waals surface area contributed by atoms with Crippen molar-refractivity contribution in [3.05, 3.63) is 82.0 Å². The standard InChI is InChI=1S/C22H17F3N4O3S/c1-13-19(27-2)20(17-9-8-14(12-26)10-18(17)33(4,31)32)28(3)21(30)29(13)16-7-5-6-15(11-16)22(23,24)25/h5-11,20H,1,3-4H3. The number of carbonyl (C=O) groups is 1. The maximum absolute atomic E-state index is 13.3. The molecule has 1 unspecified atom stereocenters. The number of amides is 2. The van der Waals surface area contributed by atoms with Gasteiger partial charge in [0, 0.05) is 24.7 Å². The Morgan fingerprint density at radius 1 is 1.18 bits per heavy atom. The molecule has 2 amide bonds. The van der Waals surface area contributed by atoms with Crippen LogP contribution in [0.15, 0.2) is 58.8 Å². The molecule has 11 heteroatoms. The van der Waals surface area contributed by atoms with Crippen molar-refractivity contribution in [1.29, 1.82) is 5.26 Å². The summed E-state index contributed by atoms with van der Waals surface area (Å²) in [7, 11) is -2.52. The molecule has 2 aromatic carbocycles. The van der Waals surface area contributed by atoms with E-state index in [4.69, 9.17) is 11.8 Å². The first kappa shape index (κ1) is 23.8. The lowest BCUT2D eigenvalue weighted by Crippen LogP contribution is -2.47. The molecule has 1 aliphatic heterocycles. The van der Waals surface area contributed by atoms with Gasteiger partial charge in [-0.05, 0) is 42.8 Å². The lowest BCUT2D eigenvalue weighted by atomic mass is 9.97. The normalized spacial score (nSPS) is 17.1. The number of alkyl halides is 3. The fourth-order valence-electron chi connectivity index (χ4n) is 3.68. The zero-order valence-electron chi connectivity index (χ0n) is 17.7. The van der Waals surface area contributed by atoms with Gasteiger partial charge in [0.1, 0.15) is 0 Å². The van der Waals surface area contributed by atoms with Crippen molar-refractivity contribution in [2.24, 2.45) is 0 Å². The van der Waals surface area contributed by atoms with E-state index >= 15 is 0 Å². The van der Waals surface area contributed by atoms with Crippen molar-refractivity contribution in [1.82, 2.24) is 4.90 Å². The molecular weight excluding hydrogens is 457 g/mol. The number of hydrogen-bond donors (Lipinski definition) is 0. The first-order valence-corrected chi connectivity index (χ1v) is 11.3. The molecule has 0 N–H and O–H groups in total. The Kier molecular flexibility index (Phi) is 5.96. The zero-order chi connectivity index (χ0) is 24.7. The smallest absolute Gasteiger partial charge is 0.325 e. The van der Waals surface area contributed by atoms with Crippen LogP contribution in [0, 0.1) is 17.9 Å². The van der Waals surface area contributed by atoms with Gasteiger partial charge in [0.25, 0.3) is 0 Å². The molecule has 0 saturated heterocycles. The number of nitriles is 1. The van der Waals surface area contributed by atoms with E-state index in [9.17, 15) is 26.4 Å². The maximum atomic E-state index is 13.3. The van der Waals surface area contributed by atoms with E-state index < -0.39 is 33.6 Å². The van der Waals surface area contributed by atoms with E-state index in [0.717, 1.165) is 34.3 Å². The van der Waals surface area contributed by atoms with Crippen molar-refractivity contribution in [3.63, 3.8) is 0 Å². The minimum atomic E-state index is -4.63. The van der Waals surface area contributed by atoms with Gasteiger partial charge in [0.15, 0.2) is 9.84 Å². The van der Waals surface area contributed by atoms with E-state index in [2.05, 4.69) is 4.85 Å². The van der Waals surface area contributed by atoms with Crippen LogP contribution in [0.1, 0.15) is 29.7 Å². The third-order valence-corrected chi connectivity index (χ3v) is 6.39. The molecule has 0 saturated carbocycles. The van der Waals surface area contributed by atoms with Crippen molar-refractivity contribution in [2.45, 2.75) is 24.0 Å². The summed E-state index contributed by atoms with van der Waals surface area (Å²) in [5.74, 6) is 0. The van der Waals surface area contributed by atoms with E-state index in [1.165, 1.54) is 38.2 Å². The monoisotopic (exact) mass is 474 g/mol. The number of sulfone groups is 1. The predicted molar refractivity (Wildman–Crippen MR) is 113 cm³/mol. The Bertz CT molecular complexity index is 1370. The quantitative estimate of drug-likeness (QED) is 0.601. The molecule has 3 rings (SSSR count). The molecule has 170 valence electrons. The Morgan fingerprint density at radius 3 is 2.39 bits per heavy atom. The fourth-order valence-corrected chi connectivity index (χ4v) is 4.63. The molecule has 33 heavy (non-hydrogen) atoms. The number of nitrogens with zero attached hydrogens (tertiary/aromatic N) is 4. The van der Waals surface area contributed by atoms with Crippen molar-refractivity contribution in [2.75, 3.05) is 18.2 Å². The highest BCUT2D eigenvalue weighted by atomic mass is 32.2. The molecule has 7 nitrogen and oxygen atoms in total. The second-order valence-electron chi connectivity index (χ2n) is 7.40. The van der Waals surface area contributed by atoms with E-state index in [0.29, 0.717) is 0 Å². The zero-order valence-corrected chi connectivity index (χ0v) is 18.5. The molecule has 0 aliphatic carbocycles. The summed E-state index contributed by atoms with van der Waals surface area (Å²) in [5, 5.41) is 9.15. The van der Waals surface area contributed by atoms with Crippen LogP contribution in [0.3, 0.4) is 0 Å². The number of urea groups is 1. The second-order valence-corrected chi connectivity index (χ2v) is 9.38. The van der Waals surface area contributed by atoms with Crippen LogP contribution in [-0.2, 0) is 16.0 Å². The van der Waals surface area contributed by atoms with Crippen molar-refractivity contribution < 1.29 is 26.4 Å². The van der Waals surface area contributed by atoms with Gasteiger partial charge in [0.2, 0.25) is 5.70 Å². The van der Waals surface area contributed by atoms with E-state index in [1.807, 2.05) is 6.07 Å². The summed E-state index contributed by atoms with van der Waals surface area (Å²) < 4.78 is 64.4. The number of halogens is 3. The van der Waals surface area contributed by atoms with Crippen LogP contribution in [0.25, 0.3) is 4.85 Å². The molecular formula is C22H17F3N4O3S. The average molecular weight is 474 g/mol. The van der Waals surface area contributed by atoms with Gasteiger partial charge in [-0.15, -0.1) is 0 Å². The molecule has 0 bridgehead atoms. The van der Waals surface area contributed by atoms with Gasteiger partial charge >= 0.3 is 12.2 Å². The number of benzene rings is 2. The number of hydrogen-bond acceptors (Lipinski definition) is 4. The van der Waals surface area contributed by atoms with Gasteiger partial charge in [0.05, 0.1) is 34.7 Å². The van der Waals surface area contributed by atoms with Gasteiger partial charge in [-0.1, -0.05) is 12.1 Å². The molecule has 0 radical (unpaired) electrons. The molecule has 2 aromatic rings. The summed E-state index contributed by atoms with van der Waals surface area (Å²) >= 11 is 0. The van der Waals surface area contributed by atoms with E-state index in [1.54, 1.807) is 0 Å². The van der Waals surface area contributed by atoms with E-state index in [-0.39, 0.29) is 33.1 Å². The average Bonchev–Trinajstić information content (AvgIpc) is 2.75. The molecule has 0 spiro atoms. The maximum Gasteiger partial charge on any atom is 0.416 e. The third-order valence-electron chi connectivity index (χ3n) is 5.23. The Hall–Kier alpha value is -3.83. The minimum absolute atomic E-state index is 0.0379. The summed E-state index contributed by atoms with van der Waals surface area (Å²) in [6.07, 6.45) is -3.68. The molecule has 1 heterocycles. The molecule has 0 fully saturated rings. The summed E-state index contributed by atoms with van der Waals surface area (Å²) in [6, 6.07) is 8.04. The summed E-state index contributed by atoms with van der Waals surface area (Å²) in [6.45, 7) is 9.09. The van der Waals surface area contributed by atoms with Gasteiger partial charge in [-0.25, -0.2) is 18.1 Å². The van der Waals surface area contributed by atoms with Crippen LogP contribution in [0.2, 0.25) is 0 Å². The largest absolute Gasteiger partial charge is 0.416 e. The Morgan fingerprint density at radius 2 is 1.85 bits per heavy atom. The van der Waals surface area contributed by atoms with Crippen molar-refractivity contribution in [3.8, 4) is 6.07 Å². The number of allylic oxidation sites excluding steroid dienone is 1. The van der Waals surface area contributed by atoms with Crippen LogP contribution < -0.4 is 4.90 Å². The van der Waals surface area contributed by atoms with Crippen LogP contribution in [-0.4, -0.2) is 32.7 Å². The van der Waals surface area contributed by atoms with Crippen LogP contribution in [0.4, 0.5) is 23.7 Å². The Balaban J connectivity index is 2.25. The number of likely N-dealkylation sites (N-methyl/N-ethyl adjacent to an activating group) is 1. The number of carbonyl (C=O) groups excluding carboxylic acids is 1. The SMILES string of the molecule is [C-]#[N+]C1=C(C)N(c2cccc(C(F)(F)F)c2)C(=O)N(C)C1c1ccc(C#N)cc1S(C)(=O)=O. The van der Waals surface area contributed by atoms with Crippen molar-refractivity contribution >= 4 is 21.6 Å². The first-order chi connectivity index (χ1) is 15.3. The number of rotatable bonds is 3. The third kappa shape index (κ3) is 4.28. The molecule has 0 aromatic heterocycles. The molecule has 1 atom stereocenters. The summed E-state index contributed by atoms with van der Waals surface area (Å²) in [4.78, 5) is 18.6. The highest BCUT2D eigenvalue weighted by Crippen LogP contribution is 2.42.